The van der Waals surface area contributed by atoms with Crippen LogP contribution in [0.5, 0.6) is 0 Å². The maximum absolute atomic E-state index is 13.6. The summed E-state index contributed by atoms with van der Waals surface area (Å²) in [6.07, 6.45) is 0. The predicted octanol–water partition coefficient (Wildman–Crippen LogP) is 2.92. The second-order valence-electron chi connectivity index (χ2n) is 4.69. The number of nitrogens with zero attached hydrogens (tertiary/aromatic N) is 2. The number of fused-ring (bicyclic) bond motifs is 1. The van der Waals surface area contributed by atoms with Gasteiger partial charge in [0.2, 0.25) is 5.91 Å². The van der Waals surface area contributed by atoms with Crippen molar-refractivity contribution < 1.29 is 9.18 Å². The lowest BCUT2D eigenvalue weighted by atomic mass is 10.2. The van der Waals surface area contributed by atoms with E-state index in [9.17, 15) is 9.18 Å². The molecule has 0 fully saturated rings. The number of aryl methyl sites for hydroxylation is 1. The first kappa shape index (κ1) is 14.8. The summed E-state index contributed by atoms with van der Waals surface area (Å²) in [6.45, 7) is 5.88. The number of halogens is 2. The zero-order chi connectivity index (χ0) is 14.9. The van der Waals surface area contributed by atoms with E-state index in [0.717, 1.165) is 5.52 Å². The standard InChI is InChI=1S/C14H17ClFN3O/c1-4-17-14(20)9(3)19-12-5-8(2)10(16)6-11(12)18-13(19)7-15/h5-6,9H,4,7H2,1-3H3,(H,17,20). The molecule has 0 aliphatic carbocycles. The topological polar surface area (TPSA) is 46.9 Å². The molecule has 1 heterocycles. The third-order valence-electron chi connectivity index (χ3n) is 3.28. The Morgan fingerprint density at radius 1 is 1.55 bits per heavy atom. The van der Waals surface area contributed by atoms with Crippen LogP contribution in [0.2, 0.25) is 0 Å². The van der Waals surface area contributed by atoms with Crippen LogP contribution >= 0.6 is 11.6 Å². The zero-order valence-corrected chi connectivity index (χ0v) is 12.5. The Labute approximate surface area is 121 Å². The molecule has 0 saturated carbocycles. The van der Waals surface area contributed by atoms with E-state index in [0.29, 0.717) is 23.4 Å². The molecule has 20 heavy (non-hydrogen) atoms. The number of alkyl halides is 1. The van der Waals surface area contributed by atoms with Crippen LogP contribution in [0.4, 0.5) is 4.39 Å². The largest absolute Gasteiger partial charge is 0.355 e. The number of nitrogens with one attached hydrogen (secondary N) is 1. The molecular weight excluding hydrogens is 281 g/mol. The average Bonchev–Trinajstić information content (AvgIpc) is 2.76. The fourth-order valence-corrected chi connectivity index (χ4v) is 2.42. The minimum atomic E-state index is -0.446. The molecule has 1 amide bonds. The summed E-state index contributed by atoms with van der Waals surface area (Å²) in [6, 6.07) is 2.63. The third-order valence-corrected chi connectivity index (χ3v) is 3.52. The second-order valence-corrected chi connectivity index (χ2v) is 4.96. The van der Waals surface area contributed by atoms with Gasteiger partial charge in [-0.15, -0.1) is 11.6 Å². The Hall–Kier alpha value is -1.62. The normalized spacial score (nSPS) is 12.7. The summed E-state index contributed by atoms with van der Waals surface area (Å²) in [4.78, 5) is 16.3. The number of hydrogen-bond acceptors (Lipinski definition) is 2. The lowest BCUT2D eigenvalue weighted by molar-refractivity contribution is -0.123. The minimum Gasteiger partial charge on any atom is -0.355 e. The van der Waals surface area contributed by atoms with Crippen molar-refractivity contribution in [3.8, 4) is 0 Å². The Balaban J connectivity index is 2.60. The number of benzene rings is 1. The van der Waals surface area contributed by atoms with E-state index < -0.39 is 6.04 Å². The van der Waals surface area contributed by atoms with E-state index >= 15 is 0 Å². The molecule has 0 bridgehead atoms. The molecule has 0 radical (unpaired) electrons. The highest BCUT2D eigenvalue weighted by Crippen LogP contribution is 2.25. The van der Waals surface area contributed by atoms with Crippen molar-refractivity contribution in [2.45, 2.75) is 32.7 Å². The van der Waals surface area contributed by atoms with Crippen molar-refractivity contribution in [3.63, 3.8) is 0 Å². The van der Waals surface area contributed by atoms with Gasteiger partial charge in [0.15, 0.2) is 0 Å². The van der Waals surface area contributed by atoms with Gasteiger partial charge < -0.3 is 9.88 Å². The molecule has 0 saturated heterocycles. The van der Waals surface area contributed by atoms with E-state index in [1.807, 2.05) is 6.92 Å². The van der Waals surface area contributed by atoms with Crippen LogP contribution in [0.25, 0.3) is 11.0 Å². The Morgan fingerprint density at radius 2 is 2.25 bits per heavy atom. The van der Waals surface area contributed by atoms with E-state index in [-0.39, 0.29) is 17.6 Å². The summed E-state index contributed by atoms with van der Waals surface area (Å²) >= 11 is 5.90. The van der Waals surface area contributed by atoms with Crippen molar-refractivity contribution in [1.82, 2.24) is 14.9 Å². The maximum atomic E-state index is 13.6. The molecule has 0 aliphatic heterocycles. The number of hydrogen-bond donors (Lipinski definition) is 1. The van der Waals surface area contributed by atoms with Gasteiger partial charge >= 0.3 is 0 Å². The first-order valence-electron chi connectivity index (χ1n) is 6.50. The van der Waals surface area contributed by atoms with Crippen molar-refractivity contribution in [2.75, 3.05) is 6.54 Å². The fourth-order valence-electron chi connectivity index (χ4n) is 2.24. The number of rotatable bonds is 4. The van der Waals surface area contributed by atoms with Gasteiger partial charge in [-0.1, -0.05) is 0 Å². The smallest absolute Gasteiger partial charge is 0.242 e. The number of carbonyl (C=O) groups excluding carboxylic acids is 1. The summed E-state index contributed by atoms with van der Waals surface area (Å²) in [5, 5.41) is 2.77. The van der Waals surface area contributed by atoms with Crippen molar-refractivity contribution in [2.24, 2.45) is 0 Å². The van der Waals surface area contributed by atoms with E-state index in [2.05, 4.69) is 10.3 Å². The maximum Gasteiger partial charge on any atom is 0.242 e. The Kier molecular flexibility index (Phi) is 4.28. The van der Waals surface area contributed by atoms with Crippen molar-refractivity contribution in [3.05, 3.63) is 29.3 Å². The van der Waals surface area contributed by atoms with Crippen LogP contribution in [0.3, 0.4) is 0 Å². The zero-order valence-electron chi connectivity index (χ0n) is 11.7. The molecule has 0 spiro atoms. The van der Waals surface area contributed by atoms with Crippen molar-refractivity contribution in [1.29, 1.82) is 0 Å². The molecule has 0 aliphatic rings. The highest BCUT2D eigenvalue weighted by molar-refractivity contribution is 6.17. The third kappa shape index (κ3) is 2.50. The lowest BCUT2D eigenvalue weighted by Crippen LogP contribution is -2.31. The van der Waals surface area contributed by atoms with Crippen LogP contribution in [0.1, 0.15) is 31.3 Å². The molecule has 1 N–H and O–H groups in total. The number of aromatic nitrogens is 2. The quantitative estimate of drug-likeness (QED) is 0.882. The van der Waals surface area contributed by atoms with Gasteiger partial charge in [0.05, 0.1) is 16.9 Å². The van der Waals surface area contributed by atoms with Crippen LogP contribution in [0.15, 0.2) is 12.1 Å². The molecule has 4 nitrogen and oxygen atoms in total. The highest BCUT2D eigenvalue weighted by atomic mass is 35.5. The van der Waals surface area contributed by atoms with Gasteiger partial charge in [-0.2, -0.15) is 0 Å². The number of carbonyl (C=O) groups is 1. The molecule has 1 aromatic heterocycles. The molecule has 6 heteroatoms. The van der Waals surface area contributed by atoms with Gasteiger partial charge in [0.25, 0.3) is 0 Å². The molecule has 108 valence electrons. The SMILES string of the molecule is CCNC(=O)C(C)n1c(CCl)nc2cc(F)c(C)cc21. The highest BCUT2D eigenvalue weighted by Gasteiger charge is 2.21. The van der Waals surface area contributed by atoms with Gasteiger partial charge in [0.1, 0.15) is 17.7 Å². The molecular formula is C14H17ClFN3O. The Bertz CT molecular complexity index is 653. The predicted molar refractivity (Wildman–Crippen MR) is 77.4 cm³/mol. The fraction of sp³-hybridized carbons (Fsp3) is 0.429. The van der Waals surface area contributed by atoms with E-state index in [1.165, 1.54) is 6.07 Å². The Morgan fingerprint density at radius 3 is 2.85 bits per heavy atom. The second kappa shape index (κ2) is 5.79. The molecule has 1 unspecified atom stereocenters. The number of imidazole rings is 1. The van der Waals surface area contributed by atoms with E-state index in [1.54, 1.807) is 24.5 Å². The van der Waals surface area contributed by atoms with Gasteiger partial charge in [-0.3, -0.25) is 4.79 Å². The molecule has 1 aromatic carbocycles. The average molecular weight is 298 g/mol. The van der Waals surface area contributed by atoms with Gasteiger partial charge in [-0.05, 0) is 32.4 Å². The van der Waals surface area contributed by atoms with Crippen LogP contribution < -0.4 is 5.32 Å². The first-order chi connectivity index (χ1) is 9.49. The molecule has 2 aromatic rings. The summed E-state index contributed by atoms with van der Waals surface area (Å²) in [5.41, 5.74) is 1.75. The van der Waals surface area contributed by atoms with E-state index in [4.69, 9.17) is 11.6 Å². The first-order valence-corrected chi connectivity index (χ1v) is 7.03. The monoisotopic (exact) mass is 297 g/mol. The summed E-state index contributed by atoms with van der Waals surface area (Å²) in [7, 11) is 0. The lowest BCUT2D eigenvalue weighted by Gasteiger charge is -2.16. The number of amides is 1. The summed E-state index contributed by atoms with van der Waals surface area (Å²) in [5.74, 6) is 0.304. The van der Waals surface area contributed by atoms with Crippen LogP contribution in [-0.2, 0) is 10.7 Å². The van der Waals surface area contributed by atoms with Gasteiger partial charge in [0, 0.05) is 12.6 Å². The van der Waals surface area contributed by atoms with Crippen molar-refractivity contribution >= 4 is 28.5 Å². The number of likely N-dealkylation sites (N-methyl/N-ethyl adjacent to an activating group) is 1. The van der Waals surface area contributed by atoms with Gasteiger partial charge in [-0.25, -0.2) is 9.37 Å². The molecule has 1 atom stereocenters. The van der Waals surface area contributed by atoms with Crippen LogP contribution in [0, 0.1) is 12.7 Å². The minimum absolute atomic E-state index is 0.111. The van der Waals surface area contributed by atoms with Crippen LogP contribution in [-0.4, -0.2) is 22.0 Å². The molecule has 2 rings (SSSR count). The summed E-state index contributed by atoms with van der Waals surface area (Å²) < 4.78 is 15.4.